The van der Waals surface area contributed by atoms with Gasteiger partial charge in [0, 0.05) is 5.56 Å². The summed E-state index contributed by atoms with van der Waals surface area (Å²) >= 11 is 9.73. The summed E-state index contributed by atoms with van der Waals surface area (Å²) in [5.41, 5.74) is -0.0585. The van der Waals surface area contributed by atoms with Crippen LogP contribution in [0.25, 0.3) is 0 Å². The molecule has 0 heterocycles. The summed E-state index contributed by atoms with van der Waals surface area (Å²) < 4.78 is 70.8. The predicted octanol–water partition coefficient (Wildman–Crippen LogP) is 5.22. The van der Waals surface area contributed by atoms with Crippen LogP contribution in [0, 0.1) is 29.1 Å². The van der Waals surface area contributed by atoms with Gasteiger partial charge in [-0.2, -0.15) is 0 Å². The average molecular weight is 399 g/mol. The molecule has 0 unspecified atom stereocenters. The molecule has 0 saturated carbocycles. The van der Waals surface area contributed by atoms with Crippen molar-refractivity contribution < 1.29 is 31.5 Å². The first-order valence-electron chi connectivity index (χ1n) is 5.93. The van der Waals surface area contributed by atoms with Gasteiger partial charge in [-0.3, -0.25) is 4.79 Å². The van der Waals surface area contributed by atoms with Gasteiger partial charge in [0.05, 0.1) is 4.90 Å². The number of ether oxygens (including phenoxy) is 1. The summed E-state index contributed by atoms with van der Waals surface area (Å²) in [6.45, 7) is 0. The molecule has 0 aliphatic heterocycles. The van der Waals surface area contributed by atoms with Crippen molar-refractivity contribution in [2.24, 2.45) is 0 Å². The summed E-state index contributed by atoms with van der Waals surface area (Å²) in [5, 5.41) is -0.932. The maximum Gasteiger partial charge on any atom is 0.260 e. The quantitative estimate of drug-likeness (QED) is 0.177. The van der Waals surface area contributed by atoms with E-state index in [0.29, 0.717) is 0 Å². The zero-order chi connectivity index (χ0) is 18.0. The van der Waals surface area contributed by atoms with E-state index in [1.807, 2.05) is 0 Å². The lowest BCUT2D eigenvalue weighted by Crippen LogP contribution is -2.05. The van der Waals surface area contributed by atoms with E-state index in [1.54, 1.807) is 0 Å². The van der Waals surface area contributed by atoms with Crippen molar-refractivity contribution >= 4 is 45.2 Å². The molecule has 2 rings (SSSR count). The van der Waals surface area contributed by atoms with E-state index in [9.17, 15) is 26.7 Å². The number of carbonyl (C=O) groups is 1. The Morgan fingerprint density at radius 1 is 0.917 bits per heavy atom. The molecule has 2 aromatic rings. The molecule has 0 amide bonds. The van der Waals surface area contributed by atoms with Gasteiger partial charge in [0.25, 0.3) is 4.51 Å². The van der Waals surface area contributed by atoms with Gasteiger partial charge in [-0.15, -0.1) is 0 Å². The van der Waals surface area contributed by atoms with Crippen molar-refractivity contribution in [3.05, 3.63) is 58.9 Å². The average Bonchev–Trinajstić information content (AvgIpc) is 2.55. The van der Waals surface area contributed by atoms with Crippen molar-refractivity contribution in [1.29, 1.82) is 0 Å². The second kappa shape index (κ2) is 7.45. The van der Waals surface area contributed by atoms with Crippen LogP contribution < -0.4 is 4.74 Å². The second-order valence-electron chi connectivity index (χ2n) is 4.15. The van der Waals surface area contributed by atoms with Gasteiger partial charge in [0.15, 0.2) is 23.3 Å². The van der Waals surface area contributed by atoms with Crippen molar-refractivity contribution in [2.45, 2.75) is 4.90 Å². The summed E-state index contributed by atoms with van der Waals surface area (Å²) in [4.78, 5) is 10.7. The van der Waals surface area contributed by atoms with E-state index in [-0.39, 0.29) is 27.6 Å². The van der Waals surface area contributed by atoms with Crippen LogP contribution in [0.3, 0.4) is 0 Å². The number of carbonyl (C=O) groups excluding carboxylic acids is 1. The van der Waals surface area contributed by atoms with Crippen molar-refractivity contribution in [2.75, 3.05) is 0 Å². The highest BCUT2D eigenvalue weighted by atomic mass is 35.5. The third-order valence-corrected chi connectivity index (χ3v) is 3.80. The highest BCUT2D eigenvalue weighted by Crippen LogP contribution is 2.33. The first-order chi connectivity index (χ1) is 11.2. The zero-order valence-corrected chi connectivity index (χ0v) is 13.6. The van der Waals surface area contributed by atoms with Gasteiger partial charge in [-0.25, -0.2) is 22.0 Å². The zero-order valence-electron chi connectivity index (χ0n) is 11.2. The number of hydrogen-bond donors (Lipinski definition) is 0. The topological polar surface area (TPSA) is 26.3 Å². The maximum atomic E-state index is 13.5. The third-order valence-electron chi connectivity index (χ3n) is 2.65. The van der Waals surface area contributed by atoms with E-state index >= 15 is 0 Å². The molecule has 0 spiro atoms. The minimum absolute atomic E-state index is 0.0585. The lowest BCUT2D eigenvalue weighted by molar-refractivity contribution is 0.108. The molecule has 0 bridgehead atoms. The van der Waals surface area contributed by atoms with Gasteiger partial charge < -0.3 is 4.74 Å². The Bertz CT molecular complexity index is 798. The molecular formula is C14H4ClF5O2S2. The van der Waals surface area contributed by atoms with Gasteiger partial charge >= 0.3 is 0 Å². The van der Waals surface area contributed by atoms with Crippen LogP contribution in [-0.2, 0) is 0 Å². The van der Waals surface area contributed by atoms with Crippen LogP contribution >= 0.6 is 35.6 Å². The van der Waals surface area contributed by atoms with Gasteiger partial charge in [-0.1, -0.05) is 0 Å². The minimum atomic E-state index is -2.29. The van der Waals surface area contributed by atoms with Crippen molar-refractivity contribution in [3.63, 3.8) is 0 Å². The fraction of sp³-hybridized carbons (Fsp3) is 0. The van der Waals surface area contributed by atoms with E-state index in [4.69, 9.17) is 16.3 Å². The van der Waals surface area contributed by atoms with E-state index in [1.165, 1.54) is 24.3 Å². The predicted molar refractivity (Wildman–Crippen MR) is 81.9 cm³/mol. The number of thiocarbonyl (C=S) groups is 1. The highest BCUT2D eigenvalue weighted by Gasteiger charge is 2.27. The minimum Gasteiger partial charge on any atom is -0.436 e. The van der Waals surface area contributed by atoms with Crippen LogP contribution in [0.2, 0.25) is 0 Å². The number of hydrogen-bond acceptors (Lipinski definition) is 4. The van der Waals surface area contributed by atoms with Crippen LogP contribution in [0.5, 0.6) is 5.75 Å². The van der Waals surface area contributed by atoms with E-state index in [0.717, 1.165) is 0 Å². The van der Waals surface area contributed by atoms with Crippen LogP contribution in [0.4, 0.5) is 22.0 Å². The Kier molecular flexibility index (Phi) is 5.79. The lowest BCUT2D eigenvalue weighted by atomic mass is 10.2. The first-order valence-corrected chi connectivity index (χ1v) is 7.53. The third kappa shape index (κ3) is 3.85. The maximum absolute atomic E-state index is 13.5. The van der Waals surface area contributed by atoms with Crippen molar-refractivity contribution in [1.82, 2.24) is 0 Å². The van der Waals surface area contributed by atoms with Crippen LogP contribution in [-0.4, -0.2) is 9.63 Å². The normalized spacial score (nSPS) is 10.6. The summed E-state index contributed by atoms with van der Waals surface area (Å²) in [6.07, 6.45) is 0. The SMILES string of the molecule is O=C(Sc1c(F)c(F)c(F)c(F)c1F)c1ccc(OC(=S)Cl)cc1. The molecule has 10 heteroatoms. The fourth-order valence-electron chi connectivity index (χ4n) is 1.58. The molecule has 126 valence electrons. The number of halogens is 6. The summed E-state index contributed by atoms with van der Waals surface area (Å²) in [6, 6.07) is 5.01. The van der Waals surface area contributed by atoms with E-state index in [2.05, 4.69) is 12.2 Å². The molecule has 0 N–H and O–H groups in total. The molecule has 0 aromatic heterocycles. The molecule has 0 saturated heterocycles. The second-order valence-corrected chi connectivity index (χ2v) is 6.07. The standard InChI is InChI=1S/C14H4ClF5O2S2/c15-14(23)22-6-3-1-5(2-4-6)13(21)24-12-10(19)8(17)7(16)9(18)11(12)20/h1-4H. The largest absolute Gasteiger partial charge is 0.436 e. The van der Waals surface area contributed by atoms with Gasteiger partial charge in [0.1, 0.15) is 5.75 Å². The van der Waals surface area contributed by atoms with E-state index < -0.39 is 39.1 Å². The fourth-order valence-corrected chi connectivity index (χ4v) is 2.56. The Balaban J connectivity index is 2.29. The Hall–Kier alpha value is -1.71. The molecule has 0 fully saturated rings. The molecule has 0 radical (unpaired) electrons. The van der Waals surface area contributed by atoms with Crippen LogP contribution in [0.15, 0.2) is 29.2 Å². The molecular weight excluding hydrogens is 395 g/mol. The molecule has 24 heavy (non-hydrogen) atoms. The van der Waals surface area contributed by atoms with Crippen LogP contribution in [0.1, 0.15) is 10.4 Å². The molecule has 0 aliphatic rings. The molecule has 2 nitrogen and oxygen atoms in total. The number of rotatable bonds is 3. The molecule has 2 aromatic carbocycles. The Labute approximate surface area is 146 Å². The monoisotopic (exact) mass is 398 g/mol. The summed E-state index contributed by atoms with van der Waals surface area (Å²) in [7, 11) is 0. The highest BCUT2D eigenvalue weighted by molar-refractivity contribution is 8.14. The lowest BCUT2D eigenvalue weighted by Gasteiger charge is -2.07. The first kappa shape index (κ1) is 18.6. The smallest absolute Gasteiger partial charge is 0.260 e. The van der Waals surface area contributed by atoms with Gasteiger partial charge in [0.2, 0.25) is 10.9 Å². The molecule has 0 aliphatic carbocycles. The van der Waals surface area contributed by atoms with Crippen molar-refractivity contribution in [3.8, 4) is 5.75 Å². The van der Waals surface area contributed by atoms with Gasteiger partial charge in [-0.05, 0) is 59.8 Å². The Morgan fingerprint density at radius 2 is 1.38 bits per heavy atom. The molecule has 0 atom stereocenters. The number of benzene rings is 2. The summed E-state index contributed by atoms with van der Waals surface area (Å²) in [5.74, 6) is -10.5. The Morgan fingerprint density at radius 3 is 1.83 bits per heavy atom. The number of thioether (sulfide) groups is 1.